The zero-order chi connectivity index (χ0) is 12.7. The van der Waals surface area contributed by atoms with E-state index >= 15 is 0 Å². The largest absolute Gasteiger partial charge is 0.469 e. The molecule has 0 saturated heterocycles. The van der Waals surface area contributed by atoms with Gasteiger partial charge < -0.3 is 9.73 Å². The molecule has 0 aliphatic rings. The zero-order valence-electron chi connectivity index (χ0n) is 11.7. The molecule has 98 valence electrons. The molecule has 2 nitrogen and oxygen atoms in total. The first-order valence-corrected chi connectivity index (χ1v) is 6.95. The Kier molecular flexibility index (Phi) is 6.35. The first kappa shape index (κ1) is 14.3. The van der Waals surface area contributed by atoms with Gasteiger partial charge in [0.05, 0.1) is 6.26 Å². The predicted octanol–water partition coefficient (Wildman–Crippen LogP) is 4.02. The average Bonchev–Trinajstić information content (AvgIpc) is 2.81. The van der Waals surface area contributed by atoms with Crippen LogP contribution < -0.4 is 5.32 Å². The second-order valence-electron chi connectivity index (χ2n) is 5.05. The molecule has 1 heterocycles. The average molecular weight is 237 g/mol. The first-order chi connectivity index (χ1) is 8.17. The highest BCUT2D eigenvalue weighted by Gasteiger charge is 2.15. The summed E-state index contributed by atoms with van der Waals surface area (Å²) in [6, 6.07) is 5.17. The monoisotopic (exact) mass is 237 g/mol. The maximum Gasteiger partial charge on any atom is 0.103 e. The van der Waals surface area contributed by atoms with Gasteiger partial charge in [-0.15, -0.1) is 0 Å². The van der Waals surface area contributed by atoms with Crippen LogP contribution in [0.1, 0.15) is 52.7 Å². The summed E-state index contributed by atoms with van der Waals surface area (Å²) in [4.78, 5) is 0. The Hall–Kier alpha value is -0.760. The van der Waals surface area contributed by atoms with E-state index in [0.717, 1.165) is 24.5 Å². The molecule has 0 aromatic carbocycles. The molecule has 0 spiro atoms. The Labute approximate surface area is 106 Å². The third-order valence-corrected chi connectivity index (χ3v) is 3.71. The van der Waals surface area contributed by atoms with Gasteiger partial charge in [0.2, 0.25) is 0 Å². The van der Waals surface area contributed by atoms with Crippen LogP contribution in [0, 0.1) is 5.92 Å². The Morgan fingerprint density at radius 3 is 2.47 bits per heavy atom. The van der Waals surface area contributed by atoms with E-state index in [1.165, 1.54) is 12.8 Å². The SMILES string of the molecule is CCC(CC)C(C)NC(C)CCc1ccco1. The van der Waals surface area contributed by atoms with Gasteiger partial charge in [-0.2, -0.15) is 0 Å². The van der Waals surface area contributed by atoms with Crippen molar-refractivity contribution in [2.75, 3.05) is 0 Å². The molecule has 2 atom stereocenters. The van der Waals surface area contributed by atoms with Crippen molar-refractivity contribution in [3.63, 3.8) is 0 Å². The summed E-state index contributed by atoms with van der Waals surface area (Å²) in [5.74, 6) is 1.88. The first-order valence-electron chi connectivity index (χ1n) is 6.95. The van der Waals surface area contributed by atoms with Gasteiger partial charge in [0.25, 0.3) is 0 Å². The number of furan rings is 1. The third kappa shape index (κ3) is 4.95. The normalized spacial score (nSPS) is 15.1. The molecule has 2 unspecified atom stereocenters. The van der Waals surface area contributed by atoms with Crippen LogP contribution in [0.3, 0.4) is 0 Å². The van der Waals surface area contributed by atoms with Crippen LogP contribution in [0.4, 0.5) is 0 Å². The Bertz CT molecular complexity index is 277. The lowest BCUT2D eigenvalue weighted by Crippen LogP contribution is -2.39. The minimum Gasteiger partial charge on any atom is -0.469 e. The van der Waals surface area contributed by atoms with Crippen molar-refractivity contribution < 1.29 is 4.42 Å². The molecule has 0 saturated carbocycles. The van der Waals surface area contributed by atoms with Crippen molar-refractivity contribution in [1.82, 2.24) is 5.32 Å². The molecular formula is C15H27NO. The topological polar surface area (TPSA) is 25.2 Å². The number of hydrogen-bond donors (Lipinski definition) is 1. The Balaban J connectivity index is 2.26. The van der Waals surface area contributed by atoms with Crippen LogP contribution in [-0.2, 0) is 6.42 Å². The third-order valence-electron chi connectivity index (χ3n) is 3.71. The van der Waals surface area contributed by atoms with E-state index in [1.807, 2.05) is 6.07 Å². The molecule has 1 N–H and O–H groups in total. The van der Waals surface area contributed by atoms with Gasteiger partial charge in [0.15, 0.2) is 0 Å². The Morgan fingerprint density at radius 2 is 1.94 bits per heavy atom. The zero-order valence-corrected chi connectivity index (χ0v) is 11.7. The highest BCUT2D eigenvalue weighted by molar-refractivity contribution is 4.98. The maximum atomic E-state index is 5.35. The summed E-state index contributed by atoms with van der Waals surface area (Å²) in [6.45, 7) is 9.13. The second kappa shape index (κ2) is 7.54. The van der Waals surface area contributed by atoms with Crippen LogP contribution in [0.25, 0.3) is 0 Å². The van der Waals surface area contributed by atoms with Gasteiger partial charge in [-0.25, -0.2) is 0 Å². The number of hydrogen-bond acceptors (Lipinski definition) is 2. The second-order valence-corrected chi connectivity index (χ2v) is 5.05. The van der Waals surface area contributed by atoms with Gasteiger partial charge in [0.1, 0.15) is 5.76 Å². The maximum absolute atomic E-state index is 5.35. The molecule has 0 fully saturated rings. The smallest absolute Gasteiger partial charge is 0.103 e. The van der Waals surface area contributed by atoms with Gasteiger partial charge in [-0.3, -0.25) is 0 Å². The number of rotatable bonds is 8. The molecule has 0 radical (unpaired) electrons. The van der Waals surface area contributed by atoms with E-state index in [4.69, 9.17) is 4.42 Å². The van der Waals surface area contributed by atoms with Crippen molar-refractivity contribution in [2.45, 2.75) is 65.5 Å². The molecule has 2 heteroatoms. The van der Waals surface area contributed by atoms with Crippen molar-refractivity contribution in [3.8, 4) is 0 Å². The summed E-state index contributed by atoms with van der Waals surface area (Å²) in [7, 11) is 0. The minimum atomic E-state index is 0.552. The van der Waals surface area contributed by atoms with E-state index in [9.17, 15) is 0 Å². The van der Waals surface area contributed by atoms with Gasteiger partial charge in [-0.05, 0) is 38.3 Å². The van der Waals surface area contributed by atoms with Crippen molar-refractivity contribution in [1.29, 1.82) is 0 Å². The summed E-state index contributed by atoms with van der Waals surface area (Å²) in [5, 5.41) is 3.70. The molecule has 1 aromatic heterocycles. The standard InChI is InChI=1S/C15H27NO/c1-5-14(6-2)13(4)16-12(3)9-10-15-8-7-11-17-15/h7-8,11-14,16H,5-6,9-10H2,1-4H3. The van der Waals surface area contributed by atoms with Crippen molar-refractivity contribution in [3.05, 3.63) is 24.2 Å². The van der Waals surface area contributed by atoms with Crippen LogP contribution in [0.2, 0.25) is 0 Å². The summed E-state index contributed by atoms with van der Waals surface area (Å²) in [5.41, 5.74) is 0. The van der Waals surface area contributed by atoms with Crippen LogP contribution in [-0.4, -0.2) is 12.1 Å². The quantitative estimate of drug-likeness (QED) is 0.739. The van der Waals surface area contributed by atoms with E-state index in [-0.39, 0.29) is 0 Å². The lowest BCUT2D eigenvalue weighted by molar-refractivity contribution is 0.318. The van der Waals surface area contributed by atoms with E-state index in [1.54, 1.807) is 6.26 Å². The van der Waals surface area contributed by atoms with Crippen LogP contribution in [0.15, 0.2) is 22.8 Å². The van der Waals surface area contributed by atoms with E-state index in [0.29, 0.717) is 12.1 Å². The molecule has 0 bridgehead atoms. The van der Waals surface area contributed by atoms with E-state index in [2.05, 4.69) is 39.1 Å². The highest BCUT2D eigenvalue weighted by Crippen LogP contribution is 2.14. The molecule has 17 heavy (non-hydrogen) atoms. The fourth-order valence-electron chi connectivity index (χ4n) is 2.48. The van der Waals surface area contributed by atoms with Crippen LogP contribution in [0.5, 0.6) is 0 Å². The molecule has 0 aliphatic heterocycles. The molecule has 0 aliphatic carbocycles. The fraction of sp³-hybridized carbons (Fsp3) is 0.733. The Morgan fingerprint density at radius 1 is 1.24 bits per heavy atom. The molecule has 0 amide bonds. The van der Waals surface area contributed by atoms with Gasteiger partial charge in [-0.1, -0.05) is 26.7 Å². The van der Waals surface area contributed by atoms with Crippen molar-refractivity contribution >= 4 is 0 Å². The van der Waals surface area contributed by atoms with Gasteiger partial charge in [0, 0.05) is 18.5 Å². The molecule has 1 rings (SSSR count). The molecular weight excluding hydrogens is 210 g/mol. The lowest BCUT2D eigenvalue weighted by Gasteiger charge is -2.26. The van der Waals surface area contributed by atoms with Gasteiger partial charge >= 0.3 is 0 Å². The summed E-state index contributed by atoms with van der Waals surface area (Å²) in [6.07, 6.45) is 6.43. The fourth-order valence-corrected chi connectivity index (χ4v) is 2.48. The lowest BCUT2D eigenvalue weighted by atomic mass is 9.94. The van der Waals surface area contributed by atoms with E-state index < -0.39 is 0 Å². The molecule has 1 aromatic rings. The van der Waals surface area contributed by atoms with Crippen molar-refractivity contribution in [2.24, 2.45) is 5.92 Å². The number of aryl methyl sites for hydroxylation is 1. The highest BCUT2D eigenvalue weighted by atomic mass is 16.3. The predicted molar refractivity (Wildman–Crippen MR) is 73.2 cm³/mol. The summed E-state index contributed by atoms with van der Waals surface area (Å²) >= 11 is 0. The summed E-state index contributed by atoms with van der Waals surface area (Å²) < 4.78 is 5.35. The number of nitrogens with one attached hydrogen (secondary N) is 1. The van der Waals surface area contributed by atoms with Crippen LogP contribution >= 0.6 is 0 Å². The minimum absolute atomic E-state index is 0.552.